The first-order chi connectivity index (χ1) is 11.1. The maximum absolute atomic E-state index is 12.2. The number of esters is 1. The van der Waals surface area contributed by atoms with E-state index < -0.39 is 11.9 Å². The van der Waals surface area contributed by atoms with E-state index in [0.717, 1.165) is 27.5 Å². The molecule has 0 aliphatic heterocycles. The number of nitrogens with one attached hydrogen (secondary N) is 2. The van der Waals surface area contributed by atoms with E-state index in [4.69, 9.17) is 4.74 Å². The van der Waals surface area contributed by atoms with Crippen molar-refractivity contribution < 1.29 is 14.3 Å². The summed E-state index contributed by atoms with van der Waals surface area (Å²) < 4.78 is 4.79. The zero-order chi connectivity index (χ0) is 16.4. The number of ether oxygens (including phenoxy) is 1. The summed E-state index contributed by atoms with van der Waals surface area (Å²) >= 11 is 0. The van der Waals surface area contributed by atoms with Crippen LogP contribution in [-0.4, -0.2) is 35.0 Å². The van der Waals surface area contributed by atoms with Gasteiger partial charge in [0.2, 0.25) is 0 Å². The van der Waals surface area contributed by atoms with Gasteiger partial charge in [0.25, 0.3) is 5.91 Å². The van der Waals surface area contributed by atoms with Gasteiger partial charge in [-0.05, 0) is 26.0 Å². The van der Waals surface area contributed by atoms with E-state index in [1.165, 1.54) is 0 Å². The van der Waals surface area contributed by atoms with Crippen molar-refractivity contribution >= 4 is 33.7 Å². The van der Waals surface area contributed by atoms with E-state index in [0.29, 0.717) is 0 Å². The predicted octanol–water partition coefficient (Wildman–Crippen LogP) is 2.32. The molecule has 1 aromatic carbocycles. The third-order valence-corrected chi connectivity index (χ3v) is 3.61. The maximum Gasteiger partial charge on any atom is 0.325 e. The minimum Gasteiger partial charge on any atom is -0.465 e. The van der Waals surface area contributed by atoms with Crippen LogP contribution in [0.1, 0.15) is 23.1 Å². The number of aryl methyl sites for hydroxylation is 1. The minimum atomic E-state index is -0.467. The summed E-state index contributed by atoms with van der Waals surface area (Å²) in [4.78, 5) is 31.2. The first kappa shape index (κ1) is 15.0. The Hall–Kier alpha value is -2.89. The average molecular weight is 311 g/mol. The number of carbonyl (C=O) groups is 2. The van der Waals surface area contributed by atoms with Gasteiger partial charge in [-0.25, -0.2) is 4.98 Å². The lowest BCUT2D eigenvalue weighted by molar-refractivity contribution is -0.141. The van der Waals surface area contributed by atoms with Gasteiger partial charge in [0, 0.05) is 16.3 Å². The normalized spacial score (nSPS) is 10.9. The fourth-order valence-corrected chi connectivity index (χ4v) is 2.58. The molecule has 0 aliphatic rings. The quantitative estimate of drug-likeness (QED) is 0.724. The van der Waals surface area contributed by atoms with Crippen LogP contribution in [0.4, 0.5) is 0 Å². The Labute approximate surface area is 132 Å². The monoisotopic (exact) mass is 311 g/mol. The summed E-state index contributed by atoms with van der Waals surface area (Å²) in [7, 11) is 0. The second-order valence-corrected chi connectivity index (χ2v) is 5.17. The van der Waals surface area contributed by atoms with Crippen molar-refractivity contribution in [1.29, 1.82) is 0 Å². The number of benzene rings is 1. The average Bonchev–Trinajstić information content (AvgIpc) is 2.92. The molecule has 1 amide bonds. The Kier molecular flexibility index (Phi) is 3.97. The van der Waals surface area contributed by atoms with Gasteiger partial charge in [-0.15, -0.1) is 0 Å². The first-order valence-electron chi connectivity index (χ1n) is 7.42. The maximum atomic E-state index is 12.2. The molecule has 0 radical (unpaired) electrons. The van der Waals surface area contributed by atoms with Crippen molar-refractivity contribution in [2.24, 2.45) is 0 Å². The molecule has 0 aliphatic carbocycles. The first-order valence-corrected chi connectivity index (χ1v) is 7.42. The molecule has 0 saturated carbocycles. The van der Waals surface area contributed by atoms with Crippen molar-refractivity contribution in [2.75, 3.05) is 13.2 Å². The van der Waals surface area contributed by atoms with Gasteiger partial charge in [-0.3, -0.25) is 9.59 Å². The highest BCUT2D eigenvalue weighted by molar-refractivity contribution is 6.10. The molecule has 0 spiro atoms. The smallest absolute Gasteiger partial charge is 0.325 e. The van der Waals surface area contributed by atoms with E-state index in [1.54, 1.807) is 13.0 Å². The molecule has 3 aromatic rings. The Bertz CT molecular complexity index is 899. The van der Waals surface area contributed by atoms with Gasteiger partial charge in [0.05, 0.1) is 17.8 Å². The highest BCUT2D eigenvalue weighted by Crippen LogP contribution is 2.27. The van der Waals surface area contributed by atoms with Crippen molar-refractivity contribution in [2.45, 2.75) is 13.8 Å². The molecule has 0 bridgehead atoms. The Morgan fingerprint density at radius 3 is 2.83 bits per heavy atom. The summed E-state index contributed by atoms with van der Waals surface area (Å²) in [5.74, 6) is -0.862. The molecule has 6 nitrogen and oxygen atoms in total. The molecular weight excluding hydrogens is 294 g/mol. The van der Waals surface area contributed by atoms with E-state index in [1.807, 2.05) is 31.2 Å². The predicted molar refractivity (Wildman–Crippen MR) is 87.3 cm³/mol. The molecule has 2 aromatic heterocycles. The van der Waals surface area contributed by atoms with Crippen LogP contribution in [0.5, 0.6) is 0 Å². The van der Waals surface area contributed by atoms with Gasteiger partial charge < -0.3 is 15.0 Å². The molecule has 0 fully saturated rings. The largest absolute Gasteiger partial charge is 0.465 e. The number of hydrogen-bond acceptors (Lipinski definition) is 4. The molecule has 118 valence electrons. The molecule has 0 saturated heterocycles. The lowest BCUT2D eigenvalue weighted by atomic mass is 10.1. The highest BCUT2D eigenvalue weighted by Gasteiger charge is 2.14. The minimum absolute atomic E-state index is 0.167. The van der Waals surface area contributed by atoms with E-state index in [9.17, 15) is 9.59 Å². The second kappa shape index (κ2) is 6.08. The Morgan fingerprint density at radius 1 is 1.26 bits per heavy atom. The third-order valence-electron chi connectivity index (χ3n) is 3.61. The lowest BCUT2D eigenvalue weighted by Gasteiger charge is -2.06. The zero-order valence-electron chi connectivity index (χ0n) is 13.0. The SMILES string of the molecule is CCOC(=O)CNC(=O)c1cc2c([nH]c3ccccc32)c(C)n1. The fraction of sp³-hybridized carbons (Fsp3) is 0.235. The molecule has 2 N–H and O–H groups in total. The van der Waals surface area contributed by atoms with Crippen molar-refractivity contribution in [3.63, 3.8) is 0 Å². The summed E-state index contributed by atoms with van der Waals surface area (Å²) in [6.07, 6.45) is 0. The standard InChI is InChI=1S/C17H17N3O3/c1-3-23-15(21)9-18-17(22)14-8-12-11-6-4-5-7-13(11)20-16(12)10(2)19-14/h4-8,20H,3,9H2,1-2H3,(H,18,22). The fourth-order valence-electron chi connectivity index (χ4n) is 2.58. The molecule has 0 unspecified atom stereocenters. The van der Waals surface area contributed by atoms with Crippen molar-refractivity contribution in [1.82, 2.24) is 15.3 Å². The molecule has 23 heavy (non-hydrogen) atoms. The summed E-state index contributed by atoms with van der Waals surface area (Å²) in [6, 6.07) is 9.62. The van der Waals surface area contributed by atoms with Crippen LogP contribution in [0.2, 0.25) is 0 Å². The number of aromatic amines is 1. The van der Waals surface area contributed by atoms with E-state index >= 15 is 0 Å². The number of carbonyl (C=O) groups excluding carboxylic acids is 2. The van der Waals surface area contributed by atoms with E-state index in [-0.39, 0.29) is 18.8 Å². The highest BCUT2D eigenvalue weighted by atomic mass is 16.5. The number of fused-ring (bicyclic) bond motifs is 3. The third kappa shape index (κ3) is 2.88. The van der Waals surface area contributed by atoms with Crippen molar-refractivity contribution in [3.05, 3.63) is 41.7 Å². The Morgan fingerprint density at radius 2 is 2.04 bits per heavy atom. The number of nitrogens with zero attached hydrogens (tertiary/aromatic N) is 1. The Balaban J connectivity index is 1.94. The van der Waals surface area contributed by atoms with Crippen molar-refractivity contribution in [3.8, 4) is 0 Å². The summed E-state index contributed by atoms with van der Waals surface area (Å²) in [6.45, 7) is 3.68. The molecule has 0 atom stereocenters. The molecule has 6 heteroatoms. The van der Waals surface area contributed by atoms with Crippen LogP contribution in [-0.2, 0) is 9.53 Å². The van der Waals surface area contributed by atoms with Crippen LogP contribution < -0.4 is 5.32 Å². The van der Waals surface area contributed by atoms with E-state index in [2.05, 4.69) is 15.3 Å². The van der Waals surface area contributed by atoms with Crippen LogP contribution in [0.15, 0.2) is 30.3 Å². The van der Waals surface area contributed by atoms with Crippen LogP contribution in [0, 0.1) is 6.92 Å². The van der Waals surface area contributed by atoms with Crippen LogP contribution in [0.3, 0.4) is 0 Å². The topological polar surface area (TPSA) is 84.1 Å². The molecule has 2 heterocycles. The number of para-hydroxylation sites is 1. The number of aromatic nitrogens is 2. The van der Waals surface area contributed by atoms with Gasteiger partial charge in [-0.1, -0.05) is 18.2 Å². The summed E-state index contributed by atoms with van der Waals surface area (Å²) in [5, 5.41) is 4.50. The van der Waals surface area contributed by atoms with Crippen LogP contribution in [0.25, 0.3) is 21.8 Å². The number of H-pyrrole nitrogens is 1. The summed E-state index contributed by atoms with van der Waals surface area (Å²) in [5.41, 5.74) is 2.92. The zero-order valence-corrected chi connectivity index (χ0v) is 13.0. The second-order valence-electron chi connectivity index (χ2n) is 5.17. The number of hydrogen-bond donors (Lipinski definition) is 2. The number of pyridine rings is 1. The number of amides is 1. The lowest BCUT2D eigenvalue weighted by Crippen LogP contribution is -2.31. The number of rotatable bonds is 4. The molecule has 3 rings (SSSR count). The van der Waals surface area contributed by atoms with Gasteiger partial charge >= 0.3 is 5.97 Å². The molecular formula is C17H17N3O3. The van der Waals surface area contributed by atoms with Crippen LogP contribution >= 0.6 is 0 Å². The van der Waals surface area contributed by atoms with Gasteiger partial charge in [-0.2, -0.15) is 0 Å². The van der Waals surface area contributed by atoms with Gasteiger partial charge in [0.15, 0.2) is 0 Å². The van der Waals surface area contributed by atoms with Gasteiger partial charge in [0.1, 0.15) is 12.2 Å².